The molecular formula is C14H14ClFN2O. The Labute approximate surface area is 116 Å². The molecule has 1 heterocycles. The van der Waals surface area contributed by atoms with Gasteiger partial charge in [-0.25, -0.2) is 4.39 Å². The highest BCUT2D eigenvalue weighted by Gasteiger charge is 2.13. The SMILES string of the molecule is CCn1nc(C)cc1CC(=O)c1ccc(F)c(Cl)c1. The van der Waals surface area contributed by atoms with Crippen LogP contribution >= 0.6 is 11.6 Å². The van der Waals surface area contributed by atoms with Crippen LogP contribution < -0.4 is 0 Å². The highest BCUT2D eigenvalue weighted by molar-refractivity contribution is 6.31. The van der Waals surface area contributed by atoms with E-state index in [1.54, 1.807) is 4.68 Å². The summed E-state index contributed by atoms with van der Waals surface area (Å²) < 4.78 is 14.8. The van der Waals surface area contributed by atoms with Gasteiger partial charge in [-0.3, -0.25) is 9.48 Å². The number of hydrogen-bond donors (Lipinski definition) is 0. The summed E-state index contributed by atoms with van der Waals surface area (Å²) in [6, 6.07) is 5.90. The second kappa shape index (κ2) is 5.53. The van der Waals surface area contributed by atoms with Crippen molar-refractivity contribution in [3.63, 3.8) is 0 Å². The summed E-state index contributed by atoms with van der Waals surface area (Å²) in [5, 5.41) is 4.25. The molecule has 0 amide bonds. The molecule has 0 saturated heterocycles. The summed E-state index contributed by atoms with van der Waals surface area (Å²) in [4.78, 5) is 12.1. The minimum atomic E-state index is -0.521. The molecule has 19 heavy (non-hydrogen) atoms. The lowest BCUT2D eigenvalue weighted by atomic mass is 10.1. The van der Waals surface area contributed by atoms with Gasteiger partial charge < -0.3 is 0 Å². The first-order valence-electron chi connectivity index (χ1n) is 6.03. The monoisotopic (exact) mass is 280 g/mol. The molecule has 100 valence electrons. The lowest BCUT2D eigenvalue weighted by Crippen LogP contribution is -2.09. The van der Waals surface area contributed by atoms with Crippen molar-refractivity contribution in [2.75, 3.05) is 0 Å². The van der Waals surface area contributed by atoms with Crippen LogP contribution in [0.5, 0.6) is 0 Å². The van der Waals surface area contributed by atoms with Crippen LogP contribution in [0, 0.1) is 12.7 Å². The van der Waals surface area contributed by atoms with Crippen molar-refractivity contribution in [1.29, 1.82) is 0 Å². The van der Waals surface area contributed by atoms with Gasteiger partial charge in [-0.15, -0.1) is 0 Å². The Morgan fingerprint density at radius 3 is 2.79 bits per heavy atom. The second-order valence-electron chi connectivity index (χ2n) is 4.32. The molecule has 0 aliphatic carbocycles. The fourth-order valence-electron chi connectivity index (χ4n) is 1.95. The van der Waals surface area contributed by atoms with Crippen LogP contribution in [-0.2, 0) is 13.0 Å². The highest BCUT2D eigenvalue weighted by atomic mass is 35.5. The van der Waals surface area contributed by atoms with E-state index in [4.69, 9.17) is 11.6 Å². The molecule has 3 nitrogen and oxygen atoms in total. The van der Waals surface area contributed by atoms with Crippen molar-refractivity contribution in [2.45, 2.75) is 26.8 Å². The topological polar surface area (TPSA) is 34.9 Å². The smallest absolute Gasteiger partial charge is 0.168 e. The summed E-state index contributed by atoms with van der Waals surface area (Å²) in [7, 11) is 0. The maximum Gasteiger partial charge on any atom is 0.168 e. The summed E-state index contributed by atoms with van der Waals surface area (Å²) >= 11 is 5.68. The van der Waals surface area contributed by atoms with Gasteiger partial charge in [0.15, 0.2) is 5.78 Å². The van der Waals surface area contributed by atoms with Gasteiger partial charge in [-0.2, -0.15) is 5.10 Å². The third-order valence-electron chi connectivity index (χ3n) is 2.87. The Morgan fingerprint density at radius 2 is 2.16 bits per heavy atom. The number of halogens is 2. The predicted octanol–water partition coefficient (Wildman–Crippen LogP) is 3.43. The molecule has 0 aliphatic heterocycles. The third-order valence-corrected chi connectivity index (χ3v) is 3.16. The van der Waals surface area contributed by atoms with E-state index >= 15 is 0 Å². The zero-order valence-corrected chi connectivity index (χ0v) is 11.5. The van der Waals surface area contributed by atoms with E-state index in [-0.39, 0.29) is 17.2 Å². The zero-order chi connectivity index (χ0) is 14.0. The molecule has 0 saturated carbocycles. The summed E-state index contributed by atoms with van der Waals surface area (Å²) in [6.45, 7) is 4.56. The van der Waals surface area contributed by atoms with E-state index in [9.17, 15) is 9.18 Å². The molecule has 0 N–H and O–H groups in total. The minimum Gasteiger partial charge on any atom is -0.294 e. The molecule has 0 unspecified atom stereocenters. The molecule has 5 heteroatoms. The highest BCUT2D eigenvalue weighted by Crippen LogP contribution is 2.17. The number of ketones is 1. The number of aryl methyl sites for hydroxylation is 2. The molecule has 1 aromatic carbocycles. The average Bonchev–Trinajstić information content (AvgIpc) is 2.72. The van der Waals surface area contributed by atoms with Crippen molar-refractivity contribution in [2.24, 2.45) is 0 Å². The molecule has 1 aromatic heterocycles. The van der Waals surface area contributed by atoms with E-state index < -0.39 is 5.82 Å². The Hall–Kier alpha value is -1.68. The normalized spacial score (nSPS) is 10.7. The fourth-order valence-corrected chi connectivity index (χ4v) is 2.13. The number of rotatable bonds is 4. The van der Waals surface area contributed by atoms with Crippen LogP contribution in [0.3, 0.4) is 0 Å². The van der Waals surface area contributed by atoms with Crippen LogP contribution in [0.2, 0.25) is 5.02 Å². The van der Waals surface area contributed by atoms with Gasteiger partial charge in [0.1, 0.15) is 5.82 Å². The lowest BCUT2D eigenvalue weighted by Gasteiger charge is -2.05. The lowest BCUT2D eigenvalue weighted by molar-refractivity contribution is 0.0990. The molecule has 0 bridgehead atoms. The maximum absolute atomic E-state index is 13.1. The van der Waals surface area contributed by atoms with Gasteiger partial charge in [-0.1, -0.05) is 11.6 Å². The third kappa shape index (κ3) is 3.01. The van der Waals surface area contributed by atoms with Crippen molar-refractivity contribution < 1.29 is 9.18 Å². The number of hydrogen-bond acceptors (Lipinski definition) is 2. The quantitative estimate of drug-likeness (QED) is 0.804. The number of carbonyl (C=O) groups is 1. The number of Topliss-reactive ketones (excluding diaryl/α,β-unsaturated/α-hetero) is 1. The Bertz CT molecular complexity index is 622. The summed E-state index contributed by atoms with van der Waals surface area (Å²) in [6.07, 6.45) is 0.233. The molecule has 2 rings (SSSR count). The van der Waals surface area contributed by atoms with E-state index in [0.717, 1.165) is 11.4 Å². The Balaban J connectivity index is 2.22. The fraction of sp³-hybridized carbons (Fsp3) is 0.286. The molecular weight excluding hydrogens is 267 g/mol. The van der Waals surface area contributed by atoms with E-state index in [2.05, 4.69) is 5.10 Å². The molecule has 0 radical (unpaired) electrons. The van der Waals surface area contributed by atoms with Crippen molar-refractivity contribution in [3.8, 4) is 0 Å². The number of benzene rings is 1. The Kier molecular flexibility index (Phi) is 4.00. The van der Waals surface area contributed by atoms with Gasteiger partial charge in [0.25, 0.3) is 0 Å². The van der Waals surface area contributed by atoms with Crippen LogP contribution in [0.15, 0.2) is 24.3 Å². The van der Waals surface area contributed by atoms with Gasteiger partial charge in [0, 0.05) is 17.8 Å². The molecule has 0 spiro atoms. The van der Waals surface area contributed by atoms with Crippen LogP contribution in [0.25, 0.3) is 0 Å². The van der Waals surface area contributed by atoms with Crippen LogP contribution in [0.1, 0.15) is 28.7 Å². The van der Waals surface area contributed by atoms with E-state index in [1.807, 2.05) is 19.9 Å². The largest absolute Gasteiger partial charge is 0.294 e. The van der Waals surface area contributed by atoms with Gasteiger partial charge >= 0.3 is 0 Å². The summed E-state index contributed by atoms with van der Waals surface area (Å²) in [5.41, 5.74) is 2.14. The predicted molar refractivity (Wildman–Crippen MR) is 72.1 cm³/mol. The van der Waals surface area contributed by atoms with Gasteiger partial charge in [0.05, 0.1) is 17.1 Å². The van der Waals surface area contributed by atoms with Gasteiger partial charge in [-0.05, 0) is 38.1 Å². The minimum absolute atomic E-state index is 0.0361. The zero-order valence-electron chi connectivity index (χ0n) is 10.8. The molecule has 0 aliphatic rings. The van der Waals surface area contributed by atoms with E-state index in [0.29, 0.717) is 12.1 Å². The number of aromatic nitrogens is 2. The first kappa shape index (κ1) is 13.7. The Morgan fingerprint density at radius 1 is 1.42 bits per heavy atom. The average molecular weight is 281 g/mol. The number of nitrogens with zero attached hydrogens (tertiary/aromatic N) is 2. The second-order valence-corrected chi connectivity index (χ2v) is 4.73. The maximum atomic E-state index is 13.1. The van der Waals surface area contributed by atoms with Crippen molar-refractivity contribution in [1.82, 2.24) is 9.78 Å². The van der Waals surface area contributed by atoms with Crippen LogP contribution in [-0.4, -0.2) is 15.6 Å². The standard InChI is InChI=1S/C14H14ClFN2O/c1-3-18-11(6-9(2)17-18)8-14(19)10-4-5-13(16)12(15)7-10/h4-7H,3,8H2,1-2H3. The molecule has 0 fully saturated rings. The first-order valence-corrected chi connectivity index (χ1v) is 6.40. The van der Waals surface area contributed by atoms with Crippen LogP contribution in [0.4, 0.5) is 4.39 Å². The first-order chi connectivity index (χ1) is 9.01. The number of carbonyl (C=O) groups excluding carboxylic acids is 1. The summed E-state index contributed by atoms with van der Waals surface area (Å²) in [5.74, 6) is -0.621. The molecule has 2 aromatic rings. The van der Waals surface area contributed by atoms with Crippen molar-refractivity contribution >= 4 is 17.4 Å². The van der Waals surface area contributed by atoms with E-state index in [1.165, 1.54) is 18.2 Å². The van der Waals surface area contributed by atoms with Gasteiger partial charge in [0.2, 0.25) is 0 Å². The molecule has 0 atom stereocenters. The van der Waals surface area contributed by atoms with Crippen molar-refractivity contribution in [3.05, 3.63) is 52.1 Å².